The van der Waals surface area contributed by atoms with Gasteiger partial charge in [0.2, 0.25) is 0 Å². The fourth-order valence-electron chi connectivity index (χ4n) is 2.40. The summed E-state index contributed by atoms with van der Waals surface area (Å²) in [6, 6.07) is 2.25. The molecule has 1 aromatic carbocycles. The monoisotopic (exact) mass is 390 g/mol. The van der Waals surface area contributed by atoms with Crippen molar-refractivity contribution in [3.05, 3.63) is 57.0 Å². The van der Waals surface area contributed by atoms with Crippen LogP contribution in [0.25, 0.3) is 0 Å². The van der Waals surface area contributed by atoms with Gasteiger partial charge in [-0.3, -0.25) is 14.3 Å². The molecular weight excluding hydrogens is 373 g/mol. The second-order valence-corrected chi connectivity index (χ2v) is 7.97. The Bertz CT molecular complexity index is 988. The van der Waals surface area contributed by atoms with Crippen LogP contribution in [0.5, 0.6) is 0 Å². The van der Waals surface area contributed by atoms with Gasteiger partial charge in [-0.1, -0.05) is 13.0 Å². The highest BCUT2D eigenvalue weighted by atomic mass is 32.2. The fourth-order valence-corrected chi connectivity index (χ4v) is 3.32. The van der Waals surface area contributed by atoms with Crippen LogP contribution in [0.1, 0.15) is 40.9 Å². The summed E-state index contributed by atoms with van der Waals surface area (Å²) in [6.07, 6.45) is -3.53. The van der Waals surface area contributed by atoms with Gasteiger partial charge in [0.1, 0.15) is 5.56 Å². The molecule has 0 saturated carbocycles. The van der Waals surface area contributed by atoms with E-state index in [9.17, 15) is 31.2 Å². The standard InChI is InChI=1S/C16H17F3N2O4S/c1-3-21-15(23)13(8-20-21)14(22)12-6-5-11(16(17,18)19)7-10(12)9-26(24,25)4-2/h5-8,20H,3-4,9H2,1-2H3. The number of benzene rings is 1. The summed E-state index contributed by atoms with van der Waals surface area (Å²) in [5, 5.41) is 2.57. The van der Waals surface area contributed by atoms with Crippen LogP contribution >= 0.6 is 0 Å². The van der Waals surface area contributed by atoms with Gasteiger partial charge in [0.05, 0.1) is 11.3 Å². The maximum atomic E-state index is 13.0. The zero-order valence-electron chi connectivity index (χ0n) is 14.1. The molecule has 0 atom stereocenters. The Morgan fingerprint density at radius 1 is 1.19 bits per heavy atom. The van der Waals surface area contributed by atoms with E-state index in [1.807, 2.05) is 0 Å². The van der Waals surface area contributed by atoms with Crippen molar-refractivity contribution < 1.29 is 26.4 Å². The first kappa shape index (κ1) is 20.0. The number of H-pyrrole nitrogens is 1. The molecule has 0 saturated heterocycles. The summed E-state index contributed by atoms with van der Waals surface area (Å²) in [7, 11) is -3.69. The van der Waals surface area contributed by atoms with Gasteiger partial charge in [-0.25, -0.2) is 8.42 Å². The Kier molecular flexibility index (Phi) is 5.45. The Morgan fingerprint density at radius 3 is 2.35 bits per heavy atom. The molecule has 0 bridgehead atoms. The smallest absolute Gasteiger partial charge is 0.302 e. The van der Waals surface area contributed by atoms with Crippen LogP contribution in [0.2, 0.25) is 0 Å². The highest BCUT2D eigenvalue weighted by molar-refractivity contribution is 7.90. The number of nitrogens with zero attached hydrogens (tertiary/aromatic N) is 1. The maximum Gasteiger partial charge on any atom is 0.416 e. The molecule has 10 heteroatoms. The van der Waals surface area contributed by atoms with Crippen molar-refractivity contribution in [1.82, 2.24) is 9.78 Å². The number of carbonyl (C=O) groups excluding carboxylic acids is 1. The van der Waals surface area contributed by atoms with Crippen LogP contribution in [0.15, 0.2) is 29.2 Å². The van der Waals surface area contributed by atoms with Crippen molar-refractivity contribution >= 4 is 15.6 Å². The first-order valence-electron chi connectivity index (χ1n) is 7.73. The number of alkyl halides is 3. The summed E-state index contributed by atoms with van der Waals surface area (Å²) in [4.78, 5) is 24.7. The minimum Gasteiger partial charge on any atom is -0.302 e. The second-order valence-electron chi connectivity index (χ2n) is 5.61. The minimum absolute atomic E-state index is 0.241. The SMILES string of the molecule is CCn1[nH]cc(C(=O)c2ccc(C(F)(F)F)cc2CS(=O)(=O)CC)c1=O. The number of carbonyl (C=O) groups is 1. The van der Waals surface area contributed by atoms with Crippen molar-refractivity contribution in [2.75, 3.05) is 5.75 Å². The number of aryl methyl sites for hydroxylation is 1. The van der Waals surface area contributed by atoms with E-state index >= 15 is 0 Å². The van der Waals surface area contributed by atoms with Gasteiger partial charge in [-0.2, -0.15) is 13.2 Å². The fraction of sp³-hybridized carbons (Fsp3) is 0.375. The molecular formula is C16H17F3N2O4S. The molecule has 2 rings (SSSR count). The number of ketones is 1. The zero-order chi connectivity index (χ0) is 19.7. The molecule has 0 aliphatic rings. The number of hydrogen-bond acceptors (Lipinski definition) is 4. The third kappa shape index (κ3) is 4.06. The number of rotatable bonds is 6. The quantitative estimate of drug-likeness (QED) is 0.767. The van der Waals surface area contributed by atoms with Gasteiger partial charge in [0, 0.05) is 24.1 Å². The second kappa shape index (κ2) is 7.10. The lowest BCUT2D eigenvalue weighted by atomic mass is 9.98. The molecule has 0 aliphatic heterocycles. The lowest BCUT2D eigenvalue weighted by molar-refractivity contribution is -0.137. The van der Waals surface area contributed by atoms with E-state index in [-0.39, 0.29) is 29.0 Å². The molecule has 6 nitrogen and oxygen atoms in total. The summed E-state index contributed by atoms with van der Waals surface area (Å²) >= 11 is 0. The van der Waals surface area contributed by atoms with Gasteiger partial charge in [0.15, 0.2) is 15.6 Å². The summed E-state index contributed by atoms with van der Waals surface area (Å²) in [5.41, 5.74) is -2.47. The summed E-state index contributed by atoms with van der Waals surface area (Å²) < 4.78 is 63.8. The first-order valence-corrected chi connectivity index (χ1v) is 9.55. The van der Waals surface area contributed by atoms with Crippen molar-refractivity contribution in [2.24, 2.45) is 0 Å². The van der Waals surface area contributed by atoms with E-state index in [0.29, 0.717) is 12.1 Å². The van der Waals surface area contributed by atoms with E-state index < -0.39 is 38.7 Å². The summed E-state index contributed by atoms with van der Waals surface area (Å²) in [6.45, 7) is 3.30. The normalized spacial score (nSPS) is 12.3. The molecule has 0 spiro atoms. The average molecular weight is 390 g/mol. The Hall–Kier alpha value is -2.36. The third-order valence-electron chi connectivity index (χ3n) is 3.89. The van der Waals surface area contributed by atoms with Crippen molar-refractivity contribution in [3.8, 4) is 0 Å². The van der Waals surface area contributed by atoms with Gasteiger partial charge >= 0.3 is 6.18 Å². The van der Waals surface area contributed by atoms with Gasteiger partial charge in [-0.15, -0.1) is 0 Å². The molecule has 2 aromatic rings. The van der Waals surface area contributed by atoms with E-state index in [4.69, 9.17) is 0 Å². The molecule has 0 fully saturated rings. The molecule has 142 valence electrons. The topological polar surface area (TPSA) is 89.0 Å². The van der Waals surface area contributed by atoms with Crippen LogP contribution < -0.4 is 5.56 Å². The van der Waals surface area contributed by atoms with Gasteiger partial charge < -0.3 is 5.10 Å². The number of sulfone groups is 1. The number of aromatic nitrogens is 2. The van der Waals surface area contributed by atoms with Crippen LogP contribution in [-0.2, 0) is 28.3 Å². The molecule has 0 unspecified atom stereocenters. The molecule has 0 aliphatic carbocycles. The van der Waals surface area contributed by atoms with Gasteiger partial charge in [-0.05, 0) is 24.6 Å². The van der Waals surface area contributed by atoms with Crippen LogP contribution in [0.3, 0.4) is 0 Å². The predicted molar refractivity (Wildman–Crippen MR) is 88.8 cm³/mol. The number of aromatic amines is 1. The van der Waals surface area contributed by atoms with E-state index in [1.165, 1.54) is 6.92 Å². The third-order valence-corrected chi connectivity index (χ3v) is 5.52. The Morgan fingerprint density at radius 2 is 1.85 bits per heavy atom. The van der Waals surface area contributed by atoms with Crippen molar-refractivity contribution in [2.45, 2.75) is 32.3 Å². The van der Waals surface area contributed by atoms with Crippen molar-refractivity contribution in [1.29, 1.82) is 0 Å². The van der Waals surface area contributed by atoms with Crippen molar-refractivity contribution in [3.63, 3.8) is 0 Å². The lowest BCUT2D eigenvalue weighted by Gasteiger charge is -2.12. The molecule has 26 heavy (non-hydrogen) atoms. The lowest BCUT2D eigenvalue weighted by Crippen LogP contribution is -2.22. The summed E-state index contributed by atoms with van der Waals surface area (Å²) in [5.74, 6) is -1.83. The van der Waals surface area contributed by atoms with E-state index in [1.54, 1.807) is 6.92 Å². The number of nitrogens with one attached hydrogen (secondary N) is 1. The molecule has 0 radical (unpaired) electrons. The molecule has 0 amide bonds. The van der Waals surface area contributed by atoms with E-state index in [2.05, 4.69) is 5.10 Å². The van der Waals surface area contributed by atoms with Crippen LogP contribution in [0, 0.1) is 0 Å². The van der Waals surface area contributed by atoms with Crippen LogP contribution in [-0.4, -0.2) is 29.7 Å². The molecule has 1 aromatic heterocycles. The first-order chi connectivity index (χ1) is 12.0. The zero-order valence-corrected chi connectivity index (χ0v) is 14.9. The largest absolute Gasteiger partial charge is 0.416 e. The van der Waals surface area contributed by atoms with Crippen LogP contribution in [0.4, 0.5) is 13.2 Å². The Balaban J connectivity index is 2.61. The number of halogens is 3. The predicted octanol–water partition coefficient (Wildman–Crippen LogP) is 2.38. The maximum absolute atomic E-state index is 13.0. The van der Waals surface area contributed by atoms with Gasteiger partial charge in [0.25, 0.3) is 5.56 Å². The number of hydrogen-bond donors (Lipinski definition) is 1. The average Bonchev–Trinajstić information content (AvgIpc) is 2.93. The Labute approximate surface area is 147 Å². The highest BCUT2D eigenvalue weighted by Crippen LogP contribution is 2.31. The highest BCUT2D eigenvalue weighted by Gasteiger charge is 2.32. The van der Waals surface area contributed by atoms with E-state index in [0.717, 1.165) is 16.9 Å². The minimum atomic E-state index is -4.69. The molecule has 1 N–H and O–H groups in total. The molecule has 1 heterocycles.